The molecule has 0 aliphatic carbocycles. The van der Waals surface area contributed by atoms with Gasteiger partial charge < -0.3 is 14.6 Å². The molecule has 2 bridgehead atoms. The second-order valence-corrected chi connectivity index (χ2v) is 3.38. The summed E-state index contributed by atoms with van der Waals surface area (Å²) >= 11 is 0. The second kappa shape index (κ2) is 2.44. The largest absolute Gasteiger partial charge is 0.396 e. The molecule has 2 aliphatic rings. The third-order valence-corrected chi connectivity index (χ3v) is 2.75. The van der Waals surface area contributed by atoms with Gasteiger partial charge in [0.25, 0.3) is 0 Å². The third kappa shape index (κ3) is 0.991. The first-order valence-corrected chi connectivity index (χ1v) is 4.22. The van der Waals surface area contributed by atoms with Gasteiger partial charge in [0.2, 0.25) is 0 Å². The zero-order valence-corrected chi connectivity index (χ0v) is 6.75. The summed E-state index contributed by atoms with van der Waals surface area (Å²) in [6.07, 6.45) is 1.91. The zero-order chi connectivity index (χ0) is 7.90. The standard InChI is InChI=1S/C8H14O3/c1-2-8-3-6(4-9)7(11-8)5-10-8/h6-7,9H,2-5H2,1H3/t6-,7+,8+/m1/s1. The molecule has 11 heavy (non-hydrogen) atoms. The van der Waals surface area contributed by atoms with Crippen LogP contribution >= 0.6 is 0 Å². The van der Waals surface area contributed by atoms with Crippen LogP contribution in [-0.2, 0) is 9.47 Å². The maximum absolute atomic E-state index is 8.96. The van der Waals surface area contributed by atoms with Crippen LogP contribution < -0.4 is 0 Å². The maximum atomic E-state index is 8.96. The molecule has 0 radical (unpaired) electrons. The van der Waals surface area contributed by atoms with E-state index in [-0.39, 0.29) is 18.5 Å². The van der Waals surface area contributed by atoms with Crippen LogP contribution in [0.25, 0.3) is 0 Å². The van der Waals surface area contributed by atoms with Gasteiger partial charge in [-0.3, -0.25) is 0 Å². The summed E-state index contributed by atoms with van der Waals surface area (Å²) in [4.78, 5) is 0. The number of aliphatic hydroxyl groups is 1. The molecule has 2 rings (SSSR count). The van der Waals surface area contributed by atoms with E-state index >= 15 is 0 Å². The van der Waals surface area contributed by atoms with Crippen molar-refractivity contribution in [3.63, 3.8) is 0 Å². The van der Waals surface area contributed by atoms with Crippen LogP contribution in [0.2, 0.25) is 0 Å². The van der Waals surface area contributed by atoms with Gasteiger partial charge in [-0.1, -0.05) is 6.92 Å². The number of aliphatic hydroxyl groups excluding tert-OH is 1. The summed E-state index contributed by atoms with van der Waals surface area (Å²) < 4.78 is 11.1. The Balaban J connectivity index is 2.08. The van der Waals surface area contributed by atoms with Crippen LogP contribution in [0.3, 0.4) is 0 Å². The minimum absolute atomic E-state index is 0.153. The molecule has 3 atom stereocenters. The molecular formula is C8H14O3. The number of hydrogen-bond acceptors (Lipinski definition) is 3. The Kier molecular flexibility index (Phi) is 1.67. The number of hydrogen-bond donors (Lipinski definition) is 1. The normalized spacial score (nSPS) is 48.5. The van der Waals surface area contributed by atoms with E-state index in [1.807, 2.05) is 0 Å². The second-order valence-electron chi connectivity index (χ2n) is 3.38. The molecule has 0 amide bonds. The highest BCUT2D eigenvalue weighted by atomic mass is 16.8. The minimum atomic E-state index is -0.335. The average Bonchev–Trinajstić information content (AvgIpc) is 2.61. The first kappa shape index (κ1) is 7.53. The van der Waals surface area contributed by atoms with Crippen LogP contribution in [0, 0.1) is 5.92 Å². The SMILES string of the molecule is CC[C@]12C[C@H](CO)[C@H](CO1)O2. The average molecular weight is 158 g/mol. The van der Waals surface area contributed by atoms with Gasteiger partial charge in [-0.25, -0.2) is 0 Å². The van der Waals surface area contributed by atoms with Crippen molar-refractivity contribution >= 4 is 0 Å². The smallest absolute Gasteiger partial charge is 0.169 e. The minimum Gasteiger partial charge on any atom is -0.396 e. The van der Waals surface area contributed by atoms with E-state index in [4.69, 9.17) is 14.6 Å². The van der Waals surface area contributed by atoms with E-state index in [2.05, 4.69) is 6.92 Å². The quantitative estimate of drug-likeness (QED) is 0.636. The molecule has 2 heterocycles. The van der Waals surface area contributed by atoms with Crippen molar-refractivity contribution in [2.75, 3.05) is 13.2 Å². The number of rotatable bonds is 2. The van der Waals surface area contributed by atoms with Gasteiger partial charge in [0.15, 0.2) is 5.79 Å². The predicted molar refractivity (Wildman–Crippen MR) is 39.0 cm³/mol. The molecule has 1 N–H and O–H groups in total. The van der Waals surface area contributed by atoms with Gasteiger partial charge >= 0.3 is 0 Å². The fourth-order valence-corrected chi connectivity index (χ4v) is 1.96. The highest BCUT2D eigenvalue weighted by molar-refractivity contribution is 4.92. The molecule has 2 fully saturated rings. The van der Waals surface area contributed by atoms with E-state index in [1.165, 1.54) is 0 Å². The van der Waals surface area contributed by atoms with Crippen molar-refractivity contribution in [2.24, 2.45) is 5.92 Å². The molecular weight excluding hydrogens is 144 g/mol. The summed E-state index contributed by atoms with van der Waals surface area (Å²) in [5.41, 5.74) is 0. The summed E-state index contributed by atoms with van der Waals surface area (Å²) in [7, 11) is 0. The van der Waals surface area contributed by atoms with Crippen LogP contribution in [0.15, 0.2) is 0 Å². The van der Waals surface area contributed by atoms with Crippen molar-refractivity contribution in [3.8, 4) is 0 Å². The Bertz CT molecular complexity index is 159. The molecule has 64 valence electrons. The Morgan fingerprint density at radius 3 is 2.91 bits per heavy atom. The topological polar surface area (TPSA) is 38.7 Å². The lowest BCUT2D eigenvalue weighted by molar-refractivity contribution is -0.147. The first-order chi connectivity index (χ1) is 5.29. The van der Waals surface area contributed by atoms with Gasteiger partial charge in [-0.05, 0) is 6.42 Å². The molecule has 0 aromatic carbocycles. The fraction of sp³-hybridized carbons (Fsp3) is 1.00. The van der Waals surface area contributed by atoms with Gasteiger partial charge in [0.1, 0.15) is 0 Å². The molecule has 2 aliphatic heterocycles. The summed E-state index contributed by atoms with van der Waals surface area (Å²) in [5.74, 6) is -0.0263. The summed E-state index contributed by atoms with van der Waals surface area (Å²) in [5, 5.41) is 8.96. The first-order valence-electron chi connectivity index (χ1n) is 4.22. The molecule has 0 unspecified atom stereocenters. The molecule has 3 heteroatoms. The third-order valence-electron chi connectivity index (χ3n) is 2.75. The maximum Gasteiger partial charge on any atom is 0.169 e. The molecule has 0 aromatic rings. The van der Waals surface area contributed by atoms with Gasteiger partial charge in [0, 0.05) is 18.9 Å². The van der Waals surface area contributed by atoms with Gasteiger partial charge in [-0.15, -0.1) is 0 Å². The Morgan fingerprint density at radius 2 is 2.45 bits per heavy atom. The van der Waals surface area contributed by atoms with Crippen molar-refractivity contribution in [1.29, 1.82) is 0 Å². The van der Waals surface area contributed by atoms with E-state index in [9.17, 15) is 0 Å². The summed E-state index contributed by atoms with van der Waals surface area (Å²) in [6.45, 7) is 2.96. The lowest BCUT2D eigenvalue weighted by atomic mass is 9.95. The van der Waals surface area contributed by atoms with E-state index < -0.39 is 0 Å². The molecule has 0 aromatic heterocycles. The Labute approximate surface area is 66.3 Å². The molecule has 2 saturated heterocycles. The van der Waals surface area contributed by atoms with Gasteiger partial charge in [-0.2, -0.15) is 0 Å². The highest BCUT2D eigenvalue weighted by Gasteiger charge is 2.51. The van der Waals surface area contributed by atoms with E-state index in [0.717, 1.165) is 12.8 Å². The monoisotopic (exact) mass is 158 g/mol. The lowest BCUT2D eigenvalue weighted by Crippen LogP contribution is -2.31. The van der Waals surface area contributed by atoms with Crippen molar-refractivity contribution in [2.45, 2.75) is 31.7 Å². The van der Waals surface area contributed by atoms with E-state index in [0.29, 0.717) is 12.5 Å². The lowest BCUT2D eigenvalue weighted by Gasteiger charge is -2.24. The molecule has 0 spiro atoms. The molecule has 3 nitrogen and oxygen atoms in total. The van der Waals surface area contributed by atoms with E-state index in [1.54, 1.807) is 0 Å². The van der Waals surface area contributed by atoms with Crippen LogP contribution in [0.1, 0.15) is 19.8 Å². The summed E-state index contributed by atoms with van der Waals surface area (Å²) in [6, 6.07) is 0. The van der Waals surface area contributed by atoms with Crippen molar-refractivity contribution < 1.29 is 14.6 Å². The van der Waals surface area contributed by atoms with Crippen LogP contribution in [0.4, 0.5) is 0 Å². The zero-order valence-electron chi connectivity index (χ0n) is 6.75. The number of fused-ring (bicyclic) bond motifs is 2. The fourth-order valence-electron chi connectivity index (χ4n) is 1.96. The number of ether oxygens (including phenoxy) is 2. The van der Waals surface area contributed by atoms with Crippen molar-refractivity contribution in [3.05, 3.63) is 0 Å². The molecule has 0 saturated carbocycles. The van der Waals surface area contributed by atoms with Crippen LogP contribution in [0.5, 0.6) is 0 Å². The van der Waals surface area contributed by atoms with Crippen molar-refractivity contribution in [1.82, 2.24) is 0 Å². The Morgan fingerprint density at radius 1 is 1.64 bits per heavy atom. The van der Waals surface area contributed by atoms with Gasteiger partial charge in [0.05, 0.1) is 12.7 Å². The predicted octanol–water partition coefficient (Wildman–Crippen LogP) is 0.520. The highest BCUT2D eigenvalue weighted by Crippen LogP contribution is 2.43. The Hall–Kier alpha value is -0.120. The van der Waals surface area contributed by atoms with Crippen LogP contribution in [-0.4, -0.2) is 30.2 Å².